The van der Waals surface area contributed by atoms with Crippen LogP contribution in [-0.2, 0) is 16.2 Å². The third-order valence-electron chi connectivity index (χ3n) is 6.84. The number of amides is 2. The summed E-state index contributed by atoms with van der Waals surface area (Å²) < 4.78 is 12.2. The van der Waals surface area contributed by atoms with Gasteiger partial charge in [0.1, 0.15) is 6.61 Å². The summed E-state index contributed by atoms with van der Waals surface area (Å²) in [5.74, 6) is 0.187. The molecule has 2 fully saturated rings. The second kappa shape index (κ2) is 9.40. The van der Waals surface area contributed by atoms with Crippen molar-refractivity contribution in [3.05, 3.63) is 73.4 Å². The normalized spacial score (nSPS) is 24.8. The highest BCUT2D eigenvalue weighted by Gasteiger charge is 2.56. The number of halogens is 1. The number of imide groups is 1. The van der Waals surface area contributed by atoms with Crippen LogP contribution in [0.1, 0.15) is 24.0 Å². The fourth-order valence-corrected chi connectivity index (χ4v) is 5.90. The van der Waals surface area contributed by atoms with Crippen LogP contribution in [0.15, 0.2) is 53.7 Å². The Morgan fingerprint density at radius 1 is 1.11 bits per heavy atom. The van der Waals surface area contributed by atoms with Crippen LogP contribution in [0.3, 0.4) is 0 Å². The molecule has 9 nitrogen and oxygen atoms in total. The number of hydrogen-bond donors (Lipinski definition) is 0. The molecule has 0 unspecified atom stereocenters. The summed E-state index contributed by atoms with van der Waals surface area (Å²) in [5.41, 5.74) is 1.45. The molecule has 0 aromatic heterocycles. The van der Waals surface area contributed by atoms with Crippen LogP contribution in [-0.4, -0.2) is 35.1 Å². The Morgan fingerprint density at radius 3 is 2.29 bits per heavy atom. The van der Waals surface area contributed by atoms with Gasteiger partial charge in [-0.3, -0.25) is 19.7 Å². The first-order valence-corrected chi connectivity index (χ1v) is 12.3. The molecular weight excluding hydrogens is 565 g/mol. The van der Waals surface area contributed by atoms with Crippen molar-refractivity contribution in [3.63, 3.8) is 0 Å². The van der Waals surface area contributed by atoms with Crippen LogP contribution in [0, 0.1) is 37.4 Å². The summed E-state index contributed by atoms with van der Waals surface area (Å²) in [7, 11) is 1.52. The molecule has 2 aromatic rings. The Hall–Kier alpha value is -3.28. The minimum Gasteiger partial charge on any atom is -0.493 e. The number of nitro benzene ring substituents is 1. The predicted octanol–water partition coefficient (Wildman–Crippen LogP) is 4.32. The Labute approximate surface area is 215 Å². The van der Waals surface area contributed by atoms with Crippen molar-refractivity contribution >= 4 is 46.3 Å². The number of hydrazone groups is 1. The highest BCUT2D eigenvalue weighted by Crippen LogP contribution is 2.49. The van der Waals surface area contributed by atoms with E-state index < -0.39 is 4.92 Å². The van der Waals surface area contributed by atoms with E-state index in [1.165, 1.54) is 25.5 Å². The quantitative estimate of drug-likeness (QED) is 0.119. The second-order valence-corrected chi connectivity index (χ2v) is 9.98. The number of benzene rings is 2. The Balaban J connectivity index is 1.31. The maximum absolute atomic E-state index is 13.0. The first-order valence-electron chi connectivity index (χ1n) is 11.2. The Morgan fingerprint density at radius 2 is 1.74 bits per heavy atom. The van der Waals surface area contributed by atoms with Gasteiger partial charge in [-0.05, 0) is 82.7 Å². The summed E-state index contributed by atoms with van der Waals surface area (Å²) in [6.07, 6.45) is 7.53. The first kappa shape index (κ1) is 23.5. The van der Waals surface area contributed by atoms with Gasteiger partial charge in [0.15, 0.2) is 11.5 Å². The molecule has 10 heteroatoms. The van der Waals surface area contributed by atoms with Crippen LogP contribution in [0.4, 0.5) is 5.69 Å². The number of carbonyl (C=O) groups is 2. The van der Waals surface area contributed by atoms with Crippen molar-refractivity contribution < 1.29 is 24.0 Å². The largest absolute Gasteiger partial charge is 0.493 e. The molecule has 0 radical (unpaired) electrons. The lowest BCUT2D eigenvalue weighted by molar-refractivity contribution is -0.384. The number of non-ortho nitro benzene ring substituents is 1. The van der Waals surface area contributed by atoms with Gasteiger partial charge < -0.3 is 9.47 Å². The number of carbonyl (C=O) groups excluding carboxylic acids is 2. The molecule has 1 saturated heterocycles. The number of nitro groups is 1. The zero-order valence-corrected chi connectivity index (χ0v) is 21.0. The average Bonchev–Trinajstić information content (AvgIpc) is 3.14. The molecule has 6 rings (SSSR count). The number of allylic oxidation sites excluding steroid dienone is 2. The summed E-state index contributed by atoms with van der Waals surface area (Å²) >= 11 is 2.12. The molecule has 2 amide bonds. The van der Waals surface area contributed by atoms with E-state index in [0.717, 1.165) is 27.0 Å². The van der Waals surface area contributed by atoms with Gasteiger partial charge in [-0.1, -0.05) is 12.2 Å². The van der Waals surface area contributed by atoms with E-state index in [1.807, 2.05) is 6.07 Å². The van der Waals surface area contributed by atoms with Crippen molar-refractivity contribution in [2.75, 3.05) is 7.11 Å². The standard InChI is InChI=1S/C25H22IN3O6/c1-34-20-11-15(10-19(26)23(20)35-13-14-2-8-18(9-3-14)29(32)33)12-27-28-24(30)21-16-4-5-17(7-6-16)22(21)25(28)31/h2-5,8-12,16-17,21-22H,6-7,13H2,1H3/b27-12-/t16-,17-,21-,22+/m0/s1. The zero-order chi connectivity index (χ0) is 24.7. The maximum Gasteiger partial charge on any atom is 0.269 e. The highest BCUT2D eigenvalue weighted by molar-refractivity contribution is 14.1. The molecular formula is C25H22IN3O6. The molecule has 3 aliphatic carbocycles. The van der Waals surface area contributed by atoms with E-state index in [1.54, 1.807) is 18.2 Å². The molecule has 2 aromatic carbocycles. The van der Waals surface area contributed by atoms with Crippen LogP contribution >= 0.6 is 22.6 Å². The molecule has 0 N–H and O–H groups in total. The number of methoxy groups -OCH3 is 1. The molecule has 4 aliphatic rings. The van der Waals surface area contributed by atoms with Crippen LogP contribution < -0.4 is 9.47 Å². The van der Waals surface area contributed by atoms with E-state index in [2.05, 4.69) is 39.8 Å². The topological polar surface area (TPSA) is 111 Å². The predicted molar refractivity (Wildman–Crippen MR) is 135 cm³/mol. The molecule has 1 saturated carbocycles. The SMILES string of the molecule is COc1cc(/C=N\N2C(=O)[C@@H]3[C@H](C2=O)[C@H]2C=C[C@H]3CC2)cc(I)c1OCc1ccc([N+](=O)[O-])cc1. The number of rotatable bonds is 7. The summed E-state index contributed by atoms with van der Waals surface area (Å²) in [4.78, 5) is 36.3. The molecule has 1 aliphatic heterocycles. The van der Waals surface area contributed by atoms with Crippen molar-refractivity contribution in [2.24, 2.45) is 28.8 Å². The Bertz CT molecular complexity index is 1230. The number of fused-ring (bicyclic) bond motifs is 1. The van der Waals surface area contributed by atoms with E-state index in [4.69, 9.17) is 9.47 Å². The summed E-state index contributed by atoms with van der Waals surface area (Å²) in [6, 6.07) is 9.68. The lowest BCUT2D eigenvalue weighted by Gasteiger charge is -2.37. The van der Waals surface area contributed by atoms with Gasteiger partial charge in [-0.15, -0.1) is 0 Å². The van der Waals surface area contributed by atoms with Gasteiger partial charge in [-0.25, -0.2) is 0 Å². The van der Waals surface area contributed by atoms with Gasteiger partial charge in [0.05, 0.1) is 33.7 Å². The van der Waals surface area contributed by atoms with Crippen molar-refractivity contribution in [1.82, 2.24) is 5.01 Å². The highest BCUT2D eigenvalue weighted by atomic mass is 127. The molecule has 35 heavy (non-hydrogen) atoms. The number of ether oxygens (including phenoxy) is 2. The monoisotopic (exact) mass is 587 g/mol. The zero-order valence-electron chi connectivity index (χ0n) is 18.8. The van der Waals surface area contributed by atoms with E-state index in [0.29, 0.717) is 17.1 Å². The van der Waals surface area contributed by atoms with E-state index >= 15 is 0 Å². The summed E-state index contributed by atoms with van der Waals surface area (Å²) in [5, 5.41) is 16.1. The van der Waals surface area contributed by atoms with Gasteiger partial charge in [0.2, 0.25) is 0 Å². The minimum absolute atomic E-state index is 0.0164. The smallest absolute Gasteiger partial charge is 0.269 e. The fraction of sp³-hybridized carbons (Fsp3) is 0.320. The van der Waals surface area contributed by atoms with Gasteiger partial charge in [-0.2, -0.15) is 10.1 Å². The molecule has 4 atom stereocenters. The second-order valence-electron chi connectivity index (χ2n) is 8.82. The van der Waals surface area contributed by atoms with Crippen LogP contribution in [0.2, 0.25) is 0 Å². The maximum atomic E-state index is 13.0. The minimum atomic E-state index is -0.449. The molecule has 180 valence electrons. The first-order chi connectivity index (χ1) is 16.9. The number of nitrogens with zero attached hydrogens (tertiary/aromatic N) is 3. The summed E-state index contributed by atoms with van der Waals surface area (Å²) in [6.45, 7) is 0.202. The van der Waals surface area contributed by atoms with Crippen LogP contribution in [0.25, 0.3) is 0 Å². The third kappa shape index (κ3) is 4.30. The van der Waals surface area contributed by atoms with Gasteiger partial charge >= 0.3 is 0 Å². The Kier molecular flexibility index (Phi) is 6.30. The molecule has 1 heterocycles. The van der Waals surface area contributed by atoms with Gasteiger partial charge in [0.25, 0.3) is 17.5 Å². The van der Waals surface area contributed by atoms with Gasteiger partial charge in [0, 0.05) is 12.1 Å². The van der Waals surface area contributed by atoms with Crippen molar-refractivity contribution in [3.8, 4) is 11.5 Å². The molecule has 0 spiro atoms. The van der Waals surface area contributed by atoms with E-state index in [9.17, 15) is 19.7 Å². The fourth-order valence-electron chi connectivity index (χ4n) is 5.12. The van der Waals surface area contributed by atoms with Crippen molar-refractivity contribution in [2.45, 2.75) is 19.4 Å². The lowest BCUT2D eigenvalue weighted by Crippen LogP contribution is -2.38. The van der Waals surface area contributed by atoms with Crippen LogP contribution in [0.5, 0.6) is 11.5 Å². The lowest BCUT2D eigenvalue weighted by atomic mass is 9.63. The van der Waals surface area contributed by atoms with Crippen molar-refractivity contribution in [1.29, 1.82) is 0 Å². The number of hydrogen-bond acceptors (Lipinski definition) is 7. The third-order valence-corrected chi connectivity index (χ3v) is 7.64. The molecule has 2 bridgehead atoms. The average molecular weight is 587 g/mol. The van der Waals surface area contributed by atoms with E-state index in [-0.39, 0.29) is 47.8 Å².